The molecular formula is C30H36N2O3. The molecule has 5 nitrogen and oxygen atoms in total. The molecule has 0 amide bonds. The van der Waals surface area contributed by atoms with Crippen LogP contribution in [0.4, 0.5) is 5.69 Å². The quantitative estimate of drug-likeness (QED) is 0.420. The summed E-state index contributed by atoms with van der Waals surface area (Å²) < 4.78 is 5.99. The van der Waals surface area contributed by atoms with Gasteiger partial charge in [-0.15, -0.1) is 0 Å². The zero-order valence-electron chi connectivity index (χ0n) is 21.3. The van der Waals surface area contributed by atoms with Gasteiger partial charge in [-0.2, -0.15) is 0 Å². The lowest BCUT2D eigenvalue weighted by Gasteiger charge is -2.40. The number of ether oxygens (including phenoxy) is 1. The highest BCUT2D eigenvalue weighted by atomic mass is 16.5. The number of aryl methyl sites for hydroxylation is 2. The molecule has 0 aliphatic carbocycles. The molecule has 35 heavy (non-hydrogen) atoms. The summed E-state index contributed by atoms with van der Waals surface area (Å²) in [5, 5.41) is 9.67. The van der Waals surface area contributed by atoms with E-state index in [2.05, 4.69) is 43.0 Å². The maximum atomic E-state index is 11.8. The van der Waals surface area contributed by atoms with Gasteiger partial charge in [0.1, 0.15) is 5.75 Å². The molecule has 0 saturated carbocycles. The van der Waals surface area contributed by atoms with Crippen molar-refractivity contribution in [3.05, 3.63) is 77.1 Å². The molecule has 1 aliphatic rings. The molecule has 0 atom stereocenters. The molecule has 2 heterocycles. The van der Waals surface area contributed by atoms with Gasteiger partial charge in [0.2, 0.25) is 0 Å². The SMILES string of the molecule is Cc1nc(C)c(-c2ccc(OCCc3ccccc3)cc2)c(N2CCC(C)(C)CC2)c1CC(=O)O. The fourth-order valence-corrected chi connectivity index (χ4v) is 4.91. The van der Waals surface area contributed by atoms with Crippen LogP contribution in [0.25, 0.3) is 11.1 Å². The number of nitrogens with zero attached hydrogens (tertiary/aromatic N) is 2. The smallest absolute Gasteiger partial charge is 0.307 e. The standard InChI is InChI=1S/C30H36N2O3/c1-21-26(20-27(33)34)29(32-17-15-30(3,4)16-18-32)28(22(2)31-21)24-10-12-25(13-11-24)35-19-14-23-8-6-5-7-9-23/h5-13H,14-20H2,1-4H3,(H,33,34). The van der Waals surface area contributed by atoms with Crippen LogP contribution >= 0.6 is 0 Å². The topological polar surface area (TPSA) is 62.7 Å². The van der Waals surface area contributed by atoms with E-state index in [0.29, 0.717) is 12.0 Å². The minimum Gasteiger partial charge on any atom is -0.493 e. The lowest BCUT2D eigenvalue weighted by Crippen LogP contribution is -2.38. The van der Waals surface area contributed by atoms with Crippen LogP contribution in [0.1, 0.15) is 49.2 Å². The van der Waals surface area contributed by atoms with Gasteiger partial charge in [0.15, 0.2) is 0 Å². The summed E-state index contributed by atoms with van der Waals surface area (Å²) in [6.07, 6.45) is 2.99. The minimum absolute atomic E-state index is 0.0258. The number of hydrogen-bond acceptors (Lipinski definition) is 4. The summed E-state index contributed by atoms with van der Waals surface area (Å²) >= 11 is 0. The molecule has 0 bridgehead atoms. The molecule has 1 fully saturated rings. The van der Waals surface area contributed by atoms with Crippen LogP contribution < -0.4 is 9.64 Å². The Bertz CT molecular complexity index is 1160. The average molecular weight is 473 g/mol. The number of rotatable bonds is 8. The van der Waals surface area contributed by atoms with Gasteiger partial charge in [-0.25, -0.2) is 0 Å². The van der Waals surface area contributed by atoms with E-state index in [1.807, 2.05) is 44.2 Å². The van der Waals surface area contributed by atoms with Gasteiger partial charge in [-0.3, -0.25) is 9.78 Å². The second-order valence-electron chi connectivity index (χ2n) is 10.3. The Morgan fingerprint density at radius 3 is 2.29 bits per heavy atom. The van der Waals surface area contributed by atoms with Crippen LogP contribution in [0, 0.1) is 19.3 Å². The number of benzene rings is 2. The summed E-state index contributed by atoms with van der Waals surface area (Å²) in [6.45, 7) is 11.0. The zero-order chi connectivity index (χ0) is 25.0. The highest BCUT2D eigenvalue weighted by Gasteiger charge is 2.30. The Hall–Kier alpha value is -3.34. The third-order valence-corrected chi connectivity index (χ3v) is 7.06. The molecule has 1 aliphatic heterocycles. The van der Waals surface area contributed by atoms with Crippen LogP contribution in [0.2, 0.25) is 0 Å². The van der Waals surface area contributed by atoms with E-state index in [0.717, 1.165) is 71.9 Å². The second kappa shape index (κ2) is 10.5. The predicted molar refractivity (Wildman–Crippen MR) is 141 cm³/mol. The highest BCUT2D eigenvalue weighted by molar-refractivity contribution is 5.86. The lowest BCUT2D eigenvalue weighted by molar-refractivity contribution is -0.136. The Labute approximate surface area is 208 Å². The molecule has 0 radical (unpaired) electrons. The molecule has 4 rings (SSSR count). The fraction of sp³-hybridized carbons (Fsp3) is 0.400. The summed E-state index contributed by atoms with van der Waals surface area (Å²) in [5.74, 6) is -0.0000991. The Kier molecular flexibility index (Phi) is 7.44. The van der Waals surface area contributed by atoms with E-state index in [1.165, 1.54) is 5.56 Å². The third kappa shape index (κ3) is 6.02. The molecule has 5 heteroatoms. The predicted octanol–water partition coefficient (Wildman–Crippen LogP) is 6.24. The van der Waals surface area contributed by atoms with Gasteiger partial charge in [-0.05, 0) is 55.4 Å². The number of aliphatic carboxylic acids is 1. The molecule has 184 valence electrons. The first-order chi connectivity index (χ1) is 16.7. The number of pyridine rings is 1. The van der Waals surface area contributed by atoms with Crippen LogP contribution in [0.5, 0.6) is 5.75 Å². The number of piperidine rings is 1. The number of anilines is 1. The molecule has 3 aromatic rings. The number of carboxylic acid groups (broad SMARTS) is 1. The lowest BCUT2D eigenvalue weighted by atomic mass is 9.82. The van der Waals surface area contributed by atoms with E-state index in [-0.39, 0.29) is 6.42 Å². The number of carboxylic acids is 1. The minimum atomic E-state index is -0.828. The van der Waals surface area contributed by atoms with Gasteiger partial charge in [0.05, 0.1) is 18.7 Å². The molecular weight excluding hydrogens is 436 g/mol. The van der Waals surface area contributed by atoms with E-state index in [4.69, 9.17) is 9.72 Å². The Balaban J connectivity index is 1.63. The van der Waals surface area contributed by atoms with Crippen molar-refractivity contribution in [1.29, 1.82) is 0 Å². The fourth-order valence-electron chi connectivity index (χ4n) is 4.91. The van der Waals surface area contributed by atoms with Gasteiger partial charge >= 0.3 is 5.97 Å². The monoisotopic (exact) mass is 472 g/mol. The summed E-state index contributed by atoms with van der Waals surface area (Å²) in [7, 11) is 0. The average Bonchev–Trinajstić information content (AvgIpc) is 2.82. The summed E-state index contributed by atoms with van der Waals surface area (Å²) in [4.78, 5) is 18.9. The number of carbonyl (C=O) groups is 1. The number of hydrogen-bond donors (Lipinski definition) is 1. The van der Waals surface area contributed by atoms with Crippen molar-refractivity contribution < 1.29 is 14.6 Å². The maximum absolute atomic E-state index is 11.8. The van der Waals surface area contributed by atoms with E-state index in [1.54, 1.807) is 0 Å². The van der Waals surface area contributed by atoms with Crippen LogP contribution in [0.15, 0.2) is 54.6 Å². The third-order valence-electron chi connectivity index (χ3n) is 7.06. The van der Waals surface area contributed by atoms with Crippen molar-refractivity contribution in [3.8, 4) is 16.9 Å². The molecule has 1 N–H and O–H groups in total. The molecule has 0 spiro atoms. The Morgan fingerprint density at radius 2 is 1.66 bits per heavy atom. The van der Waals surface area contributed by atoms with Crippen LogP contribution in [-0.2, 0) is 17.6 Å². The zero-order valence-corrected chi connectivity index (χ0v) is 21.3. The van der Waals surface area contributed by atoms with E-state index < -0.39 is 5.97 Å². The summed E-state index contributed by atoms with van der Waals surface area (Å²) in [6, 6.07) is 18.5. The van der Waals surface area contributed by atoms with E-state index in [9.17, 15) is 9.90 Å². The molecule has 1 saturated heterocycles. The normalized spacial score (nSPS) is 15.1. The van der Waals surface area contributed by atoms with Crippen molar-refractivity contribution >= 4 is 11.7 Å². The van der Waals surface area contributed by atoms with Crippen molar-refractivity contribution in [2.45, 2.75) is 53.4 Å². The van der Waals surface area contributed by atoms with Crippen molar-refractivity contribution in [2.24, 2.45) is 5.41 Å². The first-order valence-electron chi connectivity index (χ1n) is 12.5. The van der Waals surface area contributed by atoms with Gasteiger partial charge in [-0.1, -0.05) is 56.3 Å². The Morgan fingerprint density at radius 1 is 1.00 bits per heavy atom. The molecule has 2 aromatic carbocycles. The second-order valence-corrected chi connectivity index (χ2v) is 10.3. The van der Waals surface area contributed by atoms with Crippen LogP contribution in [0.3, 0.4) is 0 Å². The highest BCUT2D eigenvalue weighted by Crippen LogP contribution is 2.41. The maximum Gasteiger partial charge on any atom is 0.307 e. The molecule has 1 aromatic heterocycles. The van der Waals surface area contributed by atoms with Crippen molar-refractivity contribution in [1.82, 2.24) is 4.98 Å². The van der Waals surface area contributed by atoms with Crippen molar-refractivity contribution in [3.63, 3.8) is 0 Å². The van der Waals surface area contributed by atoms with E-state index >= 15 is 0 Å². The van der Waals surface area contributed by atoms with Gasteiger partial charge < -0.3 is 14.7 Å². The first-order valence-corrected chi connectivity index (χ1v) is 12.5. The number of aromatic nitrogens is 1. The van der Waals surface area contributed by atoms with Gasteiger partial charge in [0.25, 0.3) is 0 Å². The largest absolute Gasteiger partial charge is 0.493 e. The van der Waals surface area contributed by atoms with Gasteiger partial charge in [0, 0.05) is 42.0 Å². The van der Waals surface area contributed by atoms with Crippen molar-refractivity contribution in [2.75, 3.05) is 24.6 Å². The molecule has 0 unspecified atom stereocenters. The first kappa shape index (κ1) is 24.8. The van der Waals surface area contributed by atoms with Crippen LogP contribution in [-0.4, -0.2) is 35.8 Å². The summed E-state index contributed by atoms with van der Waals surface area (Å²) in [5.41, 5.74) is 7.21.